The van der Waals surface area contributed by atoms with E-state index < -0.39 is 10.0 Å². The van der Waals surface area contributed by atoms with Gasteiger partial charge in [-0.1, -0.05) is 42.5 Å². The molecule has 8 nitrogen and oxygen atoms in total. The third-order valence-corrected chi connectivity index (χ3v) is 8.15. The molecule has 0 spiro atoms. The first kappa shape index (κ1) is 22.2. The molecule has 1 fully saturated rings. The van der Waals surface area contributed by atoms with Crippen LogP contribution in [0.2, 0.25) is 0 Å². The minimum absolute atomic E-state index is 0.113. The largest absolute Gasteiger partial charge is 0.311 e. The molecule has 0 unspecified atom stereocenters. The van der Waals surface area contributed by atoms with Crippen LogP contribution < -0.4 is 5.32 Å². The van der Waals surface area contributed by atoms with Crippen molar-refractivity contribution in [3.05, 3.63) is 84.8 Å². The molecule has 1 aliphatic rings. The van der Waals surface area contributed by atoms with Crippen LogP contribution in [0.25, 0.3) is 10.8 Å². The normalized spacial score (nSPS) is 15.4. The molecule has 0 bridgehead atoms. The summed E-state index contributed by atoms with van der Waals surface area (Å²) in [6.45, 7) is 1.13. The first-order valence-electron chi connectivity index (χ1n) is 11.2. The van der Waals surface area contributed by atoms with Crippen molar-refractivity contribution < 1.29 is 13.2 Å². The molecule has 9 heteroatoms. The molecular formula is C25H25N5O3S. The van der Waals surface area contributed by atoms with Crippen LogP contribution in [0.3, 0.4) is 0 Å². The number of benzene rings is 2. The van der Waals surface area contributed by atoms with Crippen molar-refractivity contribution in [3.8, 4) is 0 Å². The van der Waals surface area contributed by atoms with Crippen molar-refractivity contribution in [3.63, 3.8) is 0 Å². The number of carbonyl (C=O) groups is 1. The zero-order chi connectivity index (χ0) is 23.5. The van der Waals surface area contributed by atoms with Gasteiger partial charge in [0.05, 0.1) is 12.7 Å². The maximum atomic E-state index is 13.0. The van der Waals surface area contributed by atoms with Crippen molar-refractivity contribution in [2.24, 2.45) is 5.92 Å². The van der Waals surface area contributed by atoms with E-state index in [9.17, 15) is 13.2 Å². The highest BCUT2D eigenvalue weighted by atomic mass is 32.2. The minimum Gasteiger partial charge on any atom is -0.311 e. The Labute approximate surface area is 198 Å². The second-order valence-electron chi connectivity index (χ2n) is 8.37. The Bertz CT molecular complexity index is 1410. The number of rotatable bonds is 6. The summed E-state index contributed by atoms with van der Waals surface area (Å²) < 4.78 is 28.8. The lowest BCUT2D eigenvalue weighted by Gasteiger charge is -2.30. The molecule has 3 heterocycles. The van der Waals surface area contributed by atoms with E-state index in [1.165, 1.54) is 16.6 Å². The van der Waals surface area contributed by atoms with Crippen LogP contribution in [0.5, 0.6) is 0 Å². The first-order chi connectivity index (χ1) is 16.5. The van der Waals surface area contributed by atoms with Crippen LogP contribution in [-0.4, -0.2) is 46.5 Å². The molecule has 4 aromatic rings. The Morgan fingerprint density at radius 2 is 1.76 bits per heavy atom. The monoisotopic (exact) mass is 475 g/mol. The van der Waals surface area contributed by atoms with Gasteiger partial charge in [-0.2, -0.15) is 9.40 Å². The molecule has 1 amide bonds. The molecule has 2 aromatic carbocycles. The second-order valence-corrected chi connectivity index (χ2v) is 10.3. The number of nitrogens with one attached hydrogen (secondary N) is 1. The number of sulfonamides is 1. The summed E-state index contributed by atoms with van der Waals surface area (Å²) in [5.74, 6) is 0.252. The predicted octanol–water partition coefficient (Wildman–Crippen LogP) is 3.52. The lowest BCUT2D eigenvalue weighted by atomic mass is 9.97. The van der Waals surface area contributed by atoms with Crippen LogP contribution in [-0.2, 0) is 21.4 Å². The Hall–Kier alpha value is -3.56. The molecule has 0 aliphatic carbocycles. The first-order valence-corrected chi connectivity index (χ1v) is 12.7. The fraction of sp³-hybridized carbons (Fsp3) is 0.240. The summed E-state index contributed by atoms with van der Waals surface area (Å²) in [7, 11) is -3.60. The molecule has 0 atom stereocenters. The zero-order valence-corrected chi connectivity index (χ0v) is 19.4. The predicted molar refractivity (Wildman–Crippen MR) is 130 cm³/mol. The van der Waals surface area contributed by atoms with Crippen LogP contribution in [0, 0.1) is 5.92 Å². The van der Waals surface area contributed by atoms with Gasteiger partial charge in [-0.25, -0.2) is 13.1 Å². The fourth-order valence-electron chi connectivity index (χ4n) is 4.39. The van der Waals surface area contributed by atoms with Crippen LogP contribution in [0.4, 0.5) is 5.82 Å². The van der Waals surface area contributed by atoms with Gasteiger partial charge in [0.15, 0.2) is 0 Å². The number of anilines is 1. The number of amides is 1. The van der Waals surface area contributed by atoms with Gasteiger partial charge in [0.25, 0.3) is 0 Å². The fourth-order valence-corrected chi connectivity index (χ4v) is 5.83. The van der Waals surface area contributed by atoms with Gasteiger partial charge in [0.1, 0.15) is 10.7 Å². The summed E-state index contributed by atoms with van der Waals surface area (Å²) in [4.78, 5) is 17.1. The second kappa shape index (κ2) is 9.36. The summed E-state index contributed by atoms with van der Waals surface area (Å²) in [6, 6.07) is 19.3. The SMILES string of the molecule is O=C(Nc1ccnn1Cc1cccc2ccccc12)C1CCN(S(=O)(=O)c2cccnc2)CC1. The van der Waals surface area contributed by atoms with Crippen LogP contribution in [0.1, 0.15) is 18.4 Å². The summed E-state index contributed by atoms with van der Waals surface area (Å²) in [5, 5.41) is 9.71. The molecule has 0 saturated carbocycles. The van der Waals surface area contributed by atoms with E-state index >= 15 is 0 Å². The van der Waals surface area contributed by atoms with Crippen LogP contribution in [0.15, 0.2) is 84.1 Å². The van der Waals surface area contributed by atoms with E-state index in [0.717, 1.165) is 16.3 Å². The number of hydrogen-bond acceptors (Lipinski definition) is 5. The number of aromatic nitrogens is 3. The van der Waals surface area contributed by atoms with Crippen molar-refractivity contribution in [2.45, 2.75) is 24.3 Å². The summed E-state index contributed by atoms with van der Waals surface area (Å²) in [5.41, 5.74) is 1.12. The van der Waals surface area contributed by atoms with Gasteiger partial charge >= 0.3 is 0 Å². The van der Waals surface area contributed by atoms with E-state index in [-0.39, 0.29) is 16.7 Å². The maximum absolute atomic E-state index is 13.0. The van der Waals surface area contributed by atoms with Crippen molar-refractivity contribution in [2.75, 3.05) is 18.4 Å². The van der Waals surface area contributed by atoms with Gasteiger partial charge in [-0.3, -0.25) is 9.78 Å². The molecule has 2 aromatic heterocycles. The standard InChI is InChI=1S/C25H25N5O3S/c31-25(20-11-15-29(16-12-20)34(32,33)22-8-4-13-26-17-22)28-24-10-14-27-30(24)18-21-7-3-6-19-5-1-2-9-23(19)21/h1-10,13-14,17,20H,11-12,15-16,18H2,(H,28,31). The number of hydrogen-bond donors (Lipinski definition) is 1. The molecule has 1 saturated heterocycles. The van der Waals surface area contributed by atoms with Gasteiger partial charge in [-0.05, 0) is 41.3 Å². The van der Waals surface area contributed by atoms with E-state index in [2.05, 4.69) is 39.7 Å². The third kappa shape index (κ3) is 4.44. The molecule has 34 heavy (non-hydrogen) atoms. The lowest BCUT2D eigenvalue weighted by Crippen LogP contribution is -2.41. The number of pyridine rings is 1. The van der Waals surface area contributed by atoms with E-state index in [1.54, 1.807) is 29.2 Å². The Balaban J connectivity index is 1.24. The van der Waals surface area contributed by atoms with Gasteiger partial charge in [0, 0.05) is 37.5 Å². The lowest BCUT2D eigenvalue weighted by molar-refractivity contribution is -0.121. The van der Waals surface area contributed by atoms with Crippen molar-refractivity contribution >= 4 is 32.5 Å². The maximum Gasteiger partial charge on any atom is 0.244 e. The minimum atomic E-state index is -3.60. The van der Waals surface area contributed by atoms with Crippen LogP contribution >= 0.6 is 0 Å². The van der Waals surface area contributed by atoms with E-state index in [0.29, 0.717) is 38.3 Å². The summed E-state index contributed by atoms with van der Waals surface area (Å²) >= 11 is 0. The molecular weight excluding hydrogens is 450 g/mol. The van der Waals surface area contributed by atoms with Gasteiger partial charge < -0.3 is 5.32 Å². The molecule has 174 valence electrons. The third-order valence-electron chi connectivity index (χ3n) is 6.26. The molecule has 0 radical (unpaired) electrons. The number of fused-ring (bicyclic) bond motifs is 1. The summed E-state index contributed by atoms with van der Waals surface area (Å²) in [6.07, 6.45) is 5.49. The molecule has 1 N–H and O–H groups in total. The molecule has 5 rings (SSSR count). The Kier molecular flexibility index (Phi) is 6.12. The highest BCUT2D eigenvalue weighted by molar-refractivity contribution is 7.89. The van der Waals surface area contributed by atoms with Gasteiger partial charge in [0.2, 0.25) is 15.9 Å². The Morgan fingerprint density at radius 1 is 0.971 bits per heavy atom. The quantitative estimate of drug-likeness (QED) is 0.460. The number of nitrogens with zero attached hydrogens (tertiary/aromatic N) is 4. The number of piperidine rings is 1. The van der Waals surface area contributed by atoms with E-state index in [4.69, 9.17) is 0 Å². The molecule has 1 aliphatic heterocycles. The number of carbonyl (C=O) groups excluding carboxylic acids is 1. The average Bonchev–Trinajstić information content (AvgIpc) is 3.31. The average molecular weight is 476 g/mol. The topological polar surface area (TPSA) is 97.2 Å². The smallest absolute Gasteiger partial charge is 0.244 e. The Morgan fingerprint density at radius 3 is 2.56 bits per heavy atom. The van der Waals surface area contributed by atoms with Gasteiger partial charge in [-0.15, -0.1) is 0 Å². The zero-order valence-electron chi connectivity index (χ0n) is 18.5. The van der Waals surface area contributed by atoms with Crippen molar-refractivity contribution in [1.29, 1.82) is 0 Å². The van der Waals surface area contributed by atoms with Crippen molar-refractivity contribution in [1.82, 2.24) is 19.1 Å². The highest BCUT2D eigenvalue weighted by Crippen LogP contribution is 2.25. The highest BCUT2D eigenvalue weighted by Gasteiger charge is 2.32. The van der Waals surface area contributed by atoms with E-state index in [1.807, 2.05) is 18.2 Å².